The van der Waals surface area contributed by atoms with Crippen LogP contribution in [0.2, 0.25) is 0 Å². The summed E-state index contributed by atoms with van der Waals surface area (Å²) in [6.07, 6.45) is 1.60. The number of rotatable bonds is 6. The van der Waals surface area contributed by atoms with Crippen LogP contribution < -0.4 is 0 Å². The Labute approximate surface area is 227 Å². The smallest absolute Gasteiger partial charge is 0.254 e. The minimum absolute atomic E-state index is 0.00549. The Hall–Kier alpha value is -3.37. The predicted octanol–water partition coefficient (Wildman–Crippen LogP) is 5.06. The monoisotopic (exact) mass is 579 g/mol. The average Bonchev–Trinajstić information content (AvgIpc) is 3.57. The number of halogens is 1. The Bertz CT molecular complexity index is 1400. The fourth-order valence-corrected chi connectivity index (χ4v) is 5.51. The van der Waals surface area contributed by atoms with Gasteiger partial charge in [0, 0.05) is 35.7 Å². The first kappa shape index (κ1) is 25.3. The molecule has 1 saturated heterocycles. The first-order chi connectivity index (χ1) is 17.9. The van der Waals surface area contributed by atoms with E-state index in [1.165, 1.54) is 11.8 Å². The Kier molecular flexibility index (Phi) is 7.48. The summed E-state index contributed by atoms with van der Waals surface area (Å²) in [7, 11) is 0. The molecule has 1 aliphatic rings. The summed E-state index contributed by atoms with van der Waals surface area (Å²) in [4.78, 5) is 29.8. The van der Waals surface area contributed by atoms with E-state index in [4.69, 9.17) is 4.42 Å². The number of piperazine rings is 1. The van der Waals surface area contributed by atoms with Gasteiger partial charge in [0.25, 0.3) is 5.91 Å². The number of aromatic nitrogens is 3. The minimum atomic E-state index is -0.0830. The Morgan fingerprint density at radius 1 is 1.08 bits per heavy atom. The topological polar surface area (TPSA) is 84.5 Å². The molecule has 10 heteroatoms. The van der Waals surface area contributed by atoms with Gasteiger partial charge >= 0.3 is 0 Å². The molecular formula is C27H26BrN5O3S. The molecule has 1 unspecified atom stereocenters. The van der Waals surface area contributed by atoms with Gasteiger partial charge < -0.3 is 14.2 Å². The standard InChI is InChI=1S/C27H26BrN5O3S/c1-18-5-3-6-22(15-18)33-25(23-7-4-14-36-23)29-30-27(33)37-17-24(34)31-12-13-32(19(2)16-31)26(35)20-8-10-21(28)11-9-20/h3-11,14-15,19H,12-13,16-17H2,1-2H3. The number of benzene rings is 2. The summed E-state index contributed by atoms with van der Waals surface area (Å²) >= 11 is 4.75. The third-order valence-corrected chi connectivity index (χ3v) is 7.73. The van der Waals surface area contributed by atoms with Gasteiger partial charge in [-0.05, 0) is 67.9 Å². The number of thioether (sulfide) groups is 1. The van der Waals surface area contributed by atoms with Crippen molar-refractivity contribution in [1.29, 1.82) is 0 Å². The zero-order chi connectivity index (χ0) is 25.9. The van der Waals surface area contributed by atoms with Crippen molar-refractivity contribution in [2.24, 2.45) is 0 Å². The SMILES string of the molecule is Cc1cccc(-n2c(SCC(=O)N3CCN(C(=O)c4ccc(Br)cc4)C(C)C3)nnc2-c2ccco2)c1. The van der Waals surface area contributed by atoms with E-state index >= 15 is 0 Å². The van der Waals surface area contributed by atoms with Gasteiger partial charge in [0.15, 0.2) is 10.9 Å². The van der Waals surface area contributed by atoms with E-state index in [1.54, 1.807) is 6.26 Å². The van der Waals surface area contributed by atoms with Crippen LogP contribution in [0.3, 0.4) is 0 Å². The average molecular weight is 581 g/mol. The number of aryl methyl sites for hydroxylation is 1. The van der Waals surface area contributed by atoms with Crippen molar-refractivity contribution < 1.29 is 14.0 Å². The van der Waals surface area contributed by atoms with E-state index in [2.05, 4.69) is 26.1 Å². The maximum absolute atomic E-state index is 13.2. The second kappa shape index (κ2) is 10.9. The van der Waals surface area contributed by atoms with E-state index in [9.17, 15) is 9.59 Å². The Balaban J connectivity index is 1.27. The summed E-state index contributed by atoms with van der Waals surface area (Å²) in [5.41, 5.74) is 2.65. The van der Waals surface area contributed by atoms with E-state index in [1.807, 2.05) is 88.9 Å². The molecule has 5 rings (SSSR count). The van der Waals surface area contributed by atoms with Crippen LogP contribution in [0.1, 0.15) is 22.8 Å². The lowest BCUT2D eigenvalue weighted by Crippen LogP contribution is -2.55. The van der Waals surface area contributed by atoms with Gasteiger partial charge in [-0.1, -0.05) is 39.8 Å². The molecule has 0 bridgehead atoms. The largest absolute Gasteiger partial charge is 0.461 e. The molecule has 2 aromatic heterocycles. The van der Waals surface area contributed by atoms with Gasteiger partial charge in [-0.3, -0.25) is 14.2 Å². The summed E-state index contributed by atoms with van der Waals surface area (Å²) in [5, 5.41) is 9.34. The van der Waals surface area contributed by atoms with Crippen LogP contribution in [-0.2, 0) is 4.79 Å². The molecule has 0 aliphatic carbocycles. The second-order valence-electron chi connectivity index (χ2n) is 8.94. The molecule has 2 aromatic carbocycles. The second-order valence-corrected chi connectivity index (χ2v) is 10.8. The molecule has 0 saturated carbocycles. The zero-order valence-electron chi connectivity index (χ0n) is 20.5. The molecule has 8 nitrogen and oxygen atoms in total. The molecule has 1 atom stereocenters. The highest BCUT2D eigenvalue weighted by atomic mass is 79.9. The van der Waals surface area contributed by atoms with Crippen molar-refractivity contribution >= 4 is 39.5 Å². The molecule has 0 radical (unpaired) electrons. The van der Waals surface area contributed by atoms with Crippen molar-refractivity contribution in [3.8, 4) is 17.3 Å². The lowest BCUT2D eigenvalue weighted by Gasteiger charge is -2.40. The number of carbonyl (C=O) groups is 2. The molecular weight excluding hydrogens is 554 g/mol. The normalized spacial score (nSPS) is 15.7. The maximum atomic E-state index is 13.2. The van der Waals surface area contributed by atoms with Gasteiger partial charge in [-0.25, -0.2) is 0 Å². The molecule has 190 valence electrons. The van der Waals surface area contributed by atoms with Crippen LogP contribution in [0.15, 0.2) is 81.0 Å². The minimum Gasteiger partial charge on any atom is -0.461 e. The highest BCUT2D eigenvalue weighted by molar-refractivity contribution is 9.10. The predicted molar refractivity (Wildman–Crippen MR) is 146 cm³/mol. The summed E-state index contributed by atoms with van der Waals surface area (Å²) < 4.78 is 8.43. The number of carbonyl (C=O) groups excluding carboxylic acids is 2. The quantitative estimate of drug-likeness (QED) is 0.297. The lowest BCUT2D eigenvalue weighted by molar-refractivity contribution is -0.130. The Morgan fingerprint density at radius 2 is 1.89 bits per heavy atom. The Morgan fingerprint density at radius 3 is 2.59 bits per heavy atom. The van der Waals surface area contributed by atoms with Gasteiger partial charge in [0.1, 0.15) is 0 Å². The highest BCUT2D eigenvalue weighted by Crippen LogP contribution is 2.29. The number of nitrogens with zero attached hydrogens (tertiary/aromatic N) is 5. The number of hydrogen-bond donors (Lipinski definition) is 0. The molecule has 3 heterocycles. The molecule has 1 fully saturated rings. The van der Waals surface area contributed by atoms with Crippen LogP contribution in [0.25, 0.3) is 17.3 Å². The fourth-order valence-electron chi connectivity index (χ4n) is 4.39. The number of amides is 2. The summed E-state index contributed by atoms with van der Waals surface area (Å²) in [5.74, 6) is 1.39. The molecule has 4 aromatic rings. The molecule has 2 amide bonds. The van der Waals surface area contributed by atoms with Crippen molar-refractivity contribution in [3.63, 3.8) is 0 Å². The molecule has 0 N–H and O–H groups in total. The molecule has 1 aliphatic heterocycles. The van der Waals surface area contributed by atoms with E-state index < -0.39 is 0 Å². The van der Waals surface area contributed by atoms with Crippen molar-refractivity contribution in [2.75, 3.05) is 25.4 Å². The van der Waals surface area contributed by atoms with Gasteiger partial charge in [0.2, 0.25) is 11.7 Å². The van der Waals surface area contributed by atoms with E-state index in [0.717, 1.165) is 15.7 Å². The van der Waals surface area contributed by atoms with E-state index in [-0.39, 0.29) is 23.6 Å². The van der Waals surface area contributed by atoms with Crippen molar-refractivity contribution in [1.82, 2.24) is 24.6 Å². The van der Waals surface area contributed by atoms with Gasteiger partial charge in [-0.2, -0.15) is 0 Å². The first-order valence-corrected chi connectivity index (χ1v) is 13.7. The number of hydrogen-bond acceptors (Lipinski definition) is 6. The van der Waals surface area contributed by atoms with Gasteiger partial charge in [0.05, 0.1) is 17.7 Å². The van der Waals surface area contributed by atoms with Gasteiger partial charge in [-0.15, -0.1) is 10.2 Å². The third-order valence-electron chi connectivity index (χ3n) is 6.29. The van der Waals surface area contributed by atoms with Crippen LogP contribution in [0.4, 0.5) is 0 Å². The van der Waals surface area contributed by atoms with Crippen LogP contribution in [0.5, 0.6) is 0 Å². The summed E-state index contributed by atoms with van der Waals surface area (Å²) in [6.45, 7) is 5.49. The third kappa shape index (κ3) is 5.50. The lowest BCUT2D eigenvalue weighted by atomic mass is 10.1. The van der Waals surface area contributed by atoms with Crippen molar-refractivity contribution in [3.05, 3.63) is 82.5 Å². The van der Waals surface area contributed by atoms with Crippen LogP contribution in [0, 0.1) is 6.92 Å². The highest BCUT2D eigenvalue weighted by Gasteiger charge is 2.30. The zero-order valence-corrected chi connectivity index (χ0v) is 22.9. The van der Waals surface area contributed by atoms with Crippen molar-refractivity contribution in [2.45, 2.75) is 25.0 Å². The summed E-state index contributed by atoms with van der Waals surface area (Å²) in [6, 6.07) is 19.0. The molecule has 37 heavy (non-hydrogen) atoms. The number of furan rings is 1. The van der Waals surface area contributed by atoms with E-state index in [0.29, 0.717) is 41.9 Å². The molecule has 0 spiro atoms. The van der Waals surface area contributed by atoms with Crippen LogP contribution in [-0.4, -0.2) is 67.8 Å². The fraction of sp³-hybridized carbons (Fsp3) is 0.259. The maximum Gasteiger partial charge on any atom is 0.254 e. The first-order valence-electron chi connectivity index (χ1n) is 11.9. The van der Waals surface area contributed by atoms with Crippen LogP contribution >= 0.6 is 27.7 Å².